The molecule has 1 N–H and O–H groups in total. The Labute approximate surface area is 169 Å². The highest BCUT2D eigenvalue weighted by Crippen LogP contribution is 2.32. The van der Waals surface area contributed by atoms with Crippen molar-refractivity contribution >= 4 is 23.0 Å². The van der Waals surface area contributed by atoms with Crippen LogP contribution in [0.1, 0.15) is 48.9 Å². The van der Waals surface area contributed by atoms with E-state index in [0.717, 1.165) is 44.5 Å². The van der Waals surface area contributed by atoms with Gasteiger partial charge in [0.1, 0.15) is 11.4 Å². The Morgan fingerprint density at radius 3 is 2.38 bits per heavy atom. The van der Waals surface area contributed by atoms with Gasteiger partial charge in [-0.15, -0.1) is 0 Å². The molecule has 0 radical (unpaired) electrons. The van der Waals surface area contributed by atoms with E-state index in [1.165, 1.54) is 18.9 Å². The van der Waals surface area contributed by atoms with E-state index in [0.29, 0.717) is 11.4 Å². The fraction of sp³-hybridized carbons (Fsp3) is 0.409. The number of ether oxygens (including phenoxy) is 1. The molecule has 1 aliphatic heterocycles. The zero-order chi connectivity index (χ0) is 20.2. The zero-order valence-electron chi connectivity index (χ0n) is 16.3. The number of hydrogen-bond donors (Lipinski definition) is 1. The molecule has 0 bridgehead atoms. The molecule has 2 fully saturated rings. The molecule has 2 aliphatic rings. The fourth-order valence-corrected chi connectivity index (χ4v) is 4.06. The second-order valence-electron chi connectivity index (χ2n) is 7.66. The number of amides is 1. The van der Waals surface area contributed by atoms with Crippen LogP contribution in [0.5, 0.6) is 5.75 Å². The van der Waals surface area contributed by atoms with Crippen LogP contribution in [0.4, 0.5) is 17.1 Å². The van der Waals surface area contributed by atoms with Crippen LogP contribution in [0.15, 0.2) is 42.5 Å². The third-order valence-corrected chi connectivity index (χ3v) is 5.60. The maximum atomic E-state index is 12.6. The molecule has 152 valence electrons. The monoisotopic (exact) mass is 395 g/mol. The van der Waals surface area contributed by atoms with E-state index in [4.69, 9.17) is 4.74 Å². The van der Waals surface area contributed by atoms with E-state index in [2.05, 4.69) is 5.32 Å². The molecule has 1 saturated carbocycles. The lowest BCUT2D eigenvalue weighted by atomic mass is 10.1. The summed E-state index contributed by atoms with van der Waals surface area (Å²) in [6, 6.07) is 11.9. The molecule has 1 aliphatic carbocycles. The Kier molecular flexibility index (Phi) is 5.64. The van der Waals surface area contributed by atoms with Gasteiger partial charge in [0.25, 0.3) is 11.6 Å². The number of nitro benzene ring substituents is 1. The number of carbonyl (C=O) groups excluding carboxylic acids is 1. The average Bonchev–Trinajstić information content (AvgIpc) is 3.43. The number of anilines is 2. The van der Waals surface area contributed by atoms with E-state index >= 15 is 0 Å². The number of rotatable bonds is 6. The summed E-state index contributed by atoms with van der Waals surface area (Å²) in [6.07, 6.45) is 6.93. The van der Waals surface area contributed by atoms with Gasteiger partial charge in [-0.25, -0.2) is 0 Å². The number of carbonyl (C=O) groups is 1. The lowest BCUT2D eigenvalue weighted by Crippen LogP contribution is -2.19. The van der Waals surface area contributed by atoms with Crippen molar-refractivity contribution in [3.8, 4) is 5.75 Å². The molecular formula is C22H25N3O4. The molecule has 0 aromatic heterocycles. The van der Waals surface area contributed by atoms with Crippen LogP contribution in [-0.4, -0.2) is 30.0 Å². The van der Waals surface area contributed by atoms with Crippen LogP contribution >= 0.6 is 0 Å². The first kappa shape index (κ1) is 19.2. The van der Waals surface area contributed by atoms with Crippen molar-refractivity contribution < 1.29 is 14.5 Å². The van der Waals surface area contributed by atoms with Gasteiger partial charge in [-0.1, -0.05) is 0 Å². The molecule has 2 aromatic carbocycles. The highest BCUT2D eigenvalue weighted by Gasteiger charge is 2.24. The summed E-state index contributed by atoms with van der Waals surface area (Å²) < 4.78 is 5.93. The molecule has 1 amide bonds. The normalized spacial score (nSPS) is 16.8. The highest BCUT2D eigenvalue weighted by molar-refractivity contribution is 6.05. The van der Waals surface area contributed by atoms with Gasteiger partial charge in [0.2, 0.25) is 0 Å². The van der Waals surface area contributed by atoms with Crippen molar-refractivity contribution in [1.82, 2.24) is 0 Å². The summed E-state index contributed by atoms with van der Waals surface area (Å²) in [5.41, 5.74) is 1.45. The molecule has 1 saturated heterocycles. The summed E-state index contributed by atoms with van der Waals surface area (Å²) in [6.45, 7) is 1.61. The Bertz CT molecular complexity index is 885. The molecule has 0 spiro atoms. The van der Waals surface area contributed by atoms with E-state index < -0.39 is 4.92 Å². The first-order chi connectivity index (χ1) is 14.1. The van der Waals surface area contributed by atoms with Crippen molar-refractivity contribution in [3.63, 3.8) is 0 Å². The standard InChI is InChI=1S/C22H25N3O4/c26-22(23-17-8-10-19(11-9-17)29-18-5-1-2-6-18)16-7-12-20(21(15-16)25(27)28)24-13-3-4-14-24/h7-12,15,18H,1-6,13-14H2,(H,23,26). The Hall–Kier alpha value is -3.09. The van der Waals surface area contributed by atoms with Gasteiger partial charge in [0, 0.05) is 30.4 Å². The number of benzene rings is 2. The summed E-state index contributed by atoms with van der Waals surface area (Å²) in [4.78, 5) is 25.7. The van der Waals surface area contributed by atoms with Gasteiger partial charge < -0.3 is 15.0 Å². The lowest BCUT2D eigenvalue weighted by molar-refractivity contribution is -0.384. The average molecular weight is 395 g/mol. The molecule has 4 rings (SSSR count). The van der Waals surface area contributed by atoms with Gasteiger partial charge in [0.15, 0.2) is 0 Å². The van der Waals surface area contributed by atoms with Crippen LogP contribution in [-0.2, 0) is 0 Å². The third-order valence-electron chi connectivity index (χ3n) is 5.60. The molecule has 0 unspecified atom stereocenters. The first-order valence-electron chi connectivity index (χ1n) is 10.2. The van der Waals surface area contributed by atoms with Crippen molar-refractivity contribution in [1.29, 1.82) is 0 Å². The SMILES string of the molecule is O=C(Nc1ccc(OC2CCCC2)cc1)c1ccc(N2CCCC2)c([N+](=O)[O-])c1. The molecule has 7 heteroatoms. The Morgan fingerprint density at radius 2 is 1.72 bits per heavy atom. The van der Waals surface area contributed by atoms with Crippen LogP contribution in [0.25, 0.3) is 0 Å². The summed E-state index contributed by atoms with van der Waals surface area (Å²) in [5.74, 6) is 0.422. The molecule has 0 atom stereocenters. The smallest absolute Gasteiger partial charge is 0.293 e. The molecular weight excluding hydrogens is 370 g/mol. The Morgan fingerprint density at radius 1 is 1.03 bits per heavy atom. The van der Waals surface area contributed by atoms with Gasteiger partial charge in [0.05, 0.1) is 11.0 Å². The second kappa shape index (κ2) is 8.51. The number of hydrogen-bond acceptors (Lipinski definition) is 5. The summed E-state index contributed by atoms with van der Waals surface area (Å²) in [7, 11) is 0. The lowest BCUT2D eigenvalue weighted by Gasteiger charge is -2.18. The van der Waals surface area contributed by atoms with E-state index in [1.807, 2.05) is 17.0 Å². The van der Waals surface area contributed by atoms with Gasteiger partial charge in [-0.2, -0.15) is 0 Å². The van der Waals surface area contributed by atoms with Gasteiger partial charge in [-0.05, 0) is 74.9 Å². The first-order valence-corrected chi connectivity index (χ1v) is 10.2. The van der Waals surface area contributed by atoms with E-state index in [1.54, 1.807) is 24.3 Å². The Balaban J connectivity index is 1.44. The van der Waals surface area contributed by atoms with Crippen LogP contribution < -0.4 is 15.0 Å². The van der Waals surface area contributed by atoms with Crippen LogP contribution in [0.3, 0.4) is 0 Å². The largest absolute Gasteiger partial charge is 0.490 e. The molecule has 1 heterocycles. The van der Waals surface area contributed by atoms with Crippen molar-refractivity contribution in [2.24, 2.45) is 0 Å². The van der Waals surface area contributed by atoms with Crippen LogP contribution in [0, 0.1) is 10.1 Å². The van der Waals surface area contributed by atoms with Crippen molar-refractivity contribution in [2.75, 3.05) is 23.3 Å². The van der Waals surface area contributed by atoms with Crippen molar-refractivity contribution in [2.45, 2.75) is 44.6 Å². The third kappa shape index (κ3) is 4.50. The van der Waals surface area contributed by atoms with Crippen LogP contribution in [0.2, 0.25) is 0 Å². The minimum atomic E-state index is -0.417. The molecule has 2 aromatic rings. The maximum Gasteiger partial charge on any atom is 0.293 e. The predicted octanol–water partition coefficient (Wildman–Crippen LogP) is 4.77. The number of nitro groups is 1. The second-order valence-corrected chi connectivity index (χ2v) is 7.66. The zero-order valence-corrected chi connectivity index (χ0v) is 16.3. The highest BCUT2D eigenvalue weighted by atomic mass is 16.6. The summed E-state index contributed by atoms with van der Waals surface area (Å²) in [5, 5.41) is 14.3. The maximum absolute atomic E-state index is 12.6. The van der Waals surface area contributed by atoms with Crippen molar-refractivity contribution in [3.05, 3.63) is 58.1 Å². The van der Waals surface area contributed by atoms with Gasteiger partial charge >= 0.3 is 0 Å². The fourth-order valence-electron chi connectivity index (χ4n) is 4.06. The van der Waals surface area contributed by atoms with Gasteiger partial charge in [-0.3, -0.25) is 14.9 Å². The molecule has 7 nitrogen and oxygen atoms in total. The van der Waals surface area contributed by atoms with E-state index in [9.17, 15) is 14.9 Å². The quantitative estimate of drug-likeness (QED) is 0.563. The predicted molar refractivity (Wildman–Crippen MR) is 112 cm³/mol. The summed E-state index contributed by atoms with van der Waals surface area (Å²) >= 11 is 0. The molecule has 29 heavy (non-hydrogen) atoms. The number of nitrogens with one attached hydrogen (secondary N) is 1. The topological polar surface area (TPSA) is 84.7 Å². The van der Waals surface area contributed by atoms with E-state index in [-0.39, 0.29) is 23.3 Å². The minimum Gasteiger partial charge on any atom is -0.490 e. The number of nitrogens with zero attached hydrogens (tertiary/aromatic N) is 2. The minimum absolute atomic E-state index is 0.0279.